The molecule has 0 aromatic heterocycles. The molecule has 0 atom stereocenters. The maximum Gasteiger partial charge on any atom is 0.331 e. The van der Waals surface area contributed by atoms with Gasteiger partial charge in [0, 0.05) is 5.57 Å². The first-order chi connectivity index (χ1) is 4.87. The molecule has 64 valence electrons. The molecule has 0 bridgehead atoms. The summed E-state index contributed by atoms with van der Waals surface area (Å²) in [6.07, 6.45) is 2.39. The molecule has 0 aliphatic heterocycles. The predicted octanol–water partition coefficient (Wildman–Crippen LogP) is 2.45. The Morgan fingerprint density at radius 2 is 1.91 bits per heavy atom. The molecule has 1 N–H and O–H groups in total. The Kier molecular flexibility index (Phi) is 3.30. The summed E-state index contributed by atoms with van der Waals surface area (Å²) in [5.41, 5.74) is 0.460. The maximum atomic E-state index is 10.5. The summed E-state index contributed by atoms with van der Waals surface area (Å²) >= 11 is 0. The summed E-state index contributed by atoms with van der Waals surface area (Å²) in [4.78, 5) is 10.5. The molecule has 0 unspecified atom stereocenters. The van der Waals surface area contributed by atoms with E-state index >= 15 is 0 Å². The van der Waals surface area contributed by atoms with Crippen molar-refractivity contribution in [3.8, 4) is 0 Å². The van der Waals surface area contributed by atoms with Crippen molar-refractivity contribution in [2.24, 2.45) is 5.41 Å². The minimum atomic E-state index is -0.803. The van der Waals surface area contributed by atoms with E-state index in [1.54, 1.807) is 6.08 Å². The van der Waals surface area contributed by atoms with Crippen molar-refractivity contribution >= 4 is 5.97 Å². The molecule has 0 fully saturated rings. The average Bonchev–Trinajstić information content (AvgIpc) is 1.80. The van der Waals surface area contributed by atoms with Crippen molar-refractivity contribution in [3.63, 3.8) is 0 Å². The molecule has 0 spiro atoms. The lowest BCUT2D eigenvalue weighted by Crippen LogP contribution is -2.07. The minimum absolute atomic E-state index is 0.0380. The summed E-state index contributed by atoms with van der Waals surface area (Å²) in [6, 6.07) is 0. The fourth-order valence-corrected chi connectivity index (χ4v) is 0.838. The molecule has 0 saturated heterocycles. The van der Waals surface area contributed by atoms with Gasteiger partial charge in [-0.05, 0) is 11.8 Å². The van der Waals surface area contributed by atoms with Gasteiger partial charge in [0.05, 0.1) is 0 Å². The smallest absolute Gasteiger partial charge is 0.331 e. The van der Waals surface area contributed by atoms with Crippen molar-refractivity contribution < 1.29 is 9.90 Å². The molecular formula is C9H16O2. The van der Waals surface area contributed by atoms with Crippen LogP contribution in [-0.2, 0) is 4.79 Å². The summed E-state index contributed by atoms with van der Waals surface area (Å²) in [6.45, 7) is 7.83. The zero-order valence-electron chi connectivity index (χ0n) is 7.64. The Morgan fingerprint density at radius 3 is 2.00 bits per heavy atom. The highest BCUT2D eigenvalue weighted by molar-refractivity contribution is 5.86. The van der Waals surface area contributed by atoms with Crippen LogP contribution in [0.4, 0.5) is 0 Å². The Bertz CT molecular complexity index is 172. The monoisotopic (exact) mass is 156 g/mol. The summed E-state index contributed by atoms with van der Waals surface area (Å²) < 4.78 is 0. The van der Waals surface area contributed by atoms with Crippen molar-refractivity contribution in [3.05, 3.63) is 11.6 Å². The Morgan fingerprint density at radius 1 is 1.45 bits per heavy atom. The fourth-order valence-electron chi connectivity index (χ4n) is 0.838. The molecule has 2 heteroatoms. The topological polar surface area (TPSA) is 37.3 Å². The van der Waals surface area contributed by atoms with Gasteiger partial charge in [-0.2, -0.15) is 0 Å². The molecule has 0 amide bonds. The Hall–Kier alpha value is -0.790. The van der Waals surface area contributed by atoms with Gasteiger partial charge in [-0.25, -0.2) is 4.79 Å². The van der Waals surface area contributed by atoms with Crippen molar-refractivity contribution in [1.29, 1.82) is 0 Å². The predicted molar refractivity (Wildman–Crippen MR) is 45.5 cm³/mol. The zero-order chi connectivity index (χ0) is 9.07. The Balaban J connectivity index is 4.49. The van der Waals surface area contributed by atoms with Crippen LogP contribution in [0.2, 0.25) is 0 Å². The van der Waals surface area contributed by atoms with Crippen molar-refractivity contribution in [2.75, 3.05) is 0 Å². The normalized spacial score (nSPS) is 13.3. The highest BCUT2D eigenvalue weighted by Crippen LogP contribution is 2.18. The van der Waals surface area contributed by atoms with Gasteiger partial charge >= 0.3 is 5.97 Å². The first kappa shape index (κ1) is 10.2. The van der Waals surface area contributed by atoms with E-state index in [0.29, 0.717) is 12.0 Å². The number of hydrogen-bond donors (Lipinski definition) is 1. The van der Waals surface area contributed by atoms with Crippen LogP contribution in [0.15, 0.2) is 11.6 Å². The van der Waals surface area contributed by atoms with E-state index in [1.807, 2.05) is 27.7 Å². The van der Waals surface area contributed by atoms with Gasteiger partial charge in [-0.1, -0.05) is 33.8 Å². The molecule has 0 heterocycles. The number of allylic oxidation sites excluding steroid dienone is 1. The zero-order valence-corrected chi connectivity index (χ0v) is 7.64. The van der Waals surface area contributed by atoms with Gasteiger partial charge in [0.25, 0.3) is 0 Å². The van der Waals surface area contributed by atoms with Gasteiger partial charge in [0.15, 0.2) is 0 Å². The molecule has 0 radical (unpaired) electrons. The van der Waals surface area contributed by atoms with E-state index in [9.17, 15) is 4.79 Å². The van der Waals surface area contributed by atoms with Gasteiger partial charge in [-0.15, -0.1) is 0 Å². The van der Waals surface area contributed by atoms with E-state index < -0.39 is 5.97 Å². The average molecular weight is 156 g/mol. The van der Waals surface area contributed by atoms with Crippen LogP contribution < -0.4 is 0 Å². The quantitative estimate of drug-likeness (QED) is 0.623. The lowest BCUT2D eigenvalue weighted by atomic mass is 9.93. The molecule has 0 aromatic rings. The number of carboxylic acid groups (broad SMARTS) is 1. The van der Waals surface area contributed by atoms with Crippen molar-refractivity contribution in [1.82, 2.24) is 0 Å². The van der Waals surface area contributed by atoms with Crippen LogP contribution in [0.25, 0.3) is 0 Å². The van der Waals surface area contributed by atoms with Crippen LogP contribution in [0.3, 0.4) is 0 Å². The van der Waals surface area contributed by atoms with Gasteiger partial charge in [-0.3, -0.25) is 0 Å². The lowest BCUT2D eigenvalue weighted by molar-refractivity contribution is -0.132. The second-order valence-electron chi connectivity index (χ2n) is 3.69. The second kappa shape index (κ2) is 3.56. The molecule has 0 aliphatic rings. The fraction of sp³-hybridized carbons (Fsp3) is 0.667. The summed E-state index contributed by atoms with van der Waals surface area (Å²) in [5.74, 6) is -0.803. The number of carbonyl (C=O) groups is 1. The van der Waals surface area contributed by atoms with Crippen LogP contribution >= 0.6 is 0 Å². The number of aliphatic carboxylic acids is 1. The largest absolute Gasteiger partial charge is 0.478 e. The number of carboxylic acids is 1. The molecule has 2 nitrogen and oxygen atoms in total. The third-order valence-corrected chi connectivity index (χ3v) is 1.26. The SMILES string of the molecule is CCC(=CC(C)(C)C)C(=O)O. The molecule has 0 aromatic carbocycles. The number of hydrogen-bond acceptors (Lipinski definition) is 1. The summed E-state index contributed by atoms with van der Waals surface area (Å²) in [7, 11) is 0. The van der Waals surface area contributed by atoms with E-state index in [-0.39, 0.29) is 5.41 Å². The van der Waals surface area contributed by atoms with Gasteiger partial charge in [0.2, 0.25) is 0 Å². The number of rotatable bonds is 2. The first-order valence-corrected chi connectivity index (χ1v) is 3.82. The standard InChI is InChI=1S/C9H16O2/c1-5-7(8(10)11)6-9(2,3)4/h6H,5H2,1-4H3,(H,10,11). The van der Waals surface area contributed by atoms with Crippen LogP contribution in [0.5, 0.6) is 0 Å². The highest BCUT2D eigenvalue weighted by Gasteiger charge is 2.11. The lowest BCUT2D eigenvalue weighted by Gasteiger charge is -2.13. The van der Waals surface area contributed by atoms with E-state index in [4.69, 9.17) is 5.11 Å². The van der Waals surface area contributed by atoms with Gasteiger partial charge in [0.1, 0.15) is 0 Å². The van der Waals surface area contributed by atoms with Crippen LogP contribution in [-0.4, -0.2) is 11.1 Å². The van der Waals surface area contributed by atoms with E-state index in [0.717, 1.165) is 0 Å². The van der Waals surface area contributed by atoms with Crippen LogP contribution in [0.1, 0.15) is 34.1 Å². The molecule has 0 aliphatic carbocycles. The molecular weight excluding hydrogens is 140 g/mol. The third-order valence-electron chi connectivity index (χ3n) is 1.26. The maximum absolute atomic E-state index is 10.5. The highest BCUT2D eigenvalue weighted by atomic mass is 16.4. The summed E-state index contributed by atoms with van der Waals surface area (Å²) in [5, 5.41) is 8.67. The van der Waals surface area contributed by atoms with Crippen LogP contribution in [0, 0.1) is 5.41 Å². The third kappa shape index (κ3) is 4.59. The minimum Gasteiger partial charge on any atom is -0.478 e. The molecule has 0 saturated carbocycles. The molecule has 11 heavy (non-hydrogen) atoms. The van der Waals surface area contributed by atoms with Crippen molar-refractivity contribution in [2.45, 2.75) is 34.1 Å². The van der Waals surface area contributed by atoms with E-state index in [1.165, 1.54) is 0 Å². The second-order valence-corrected chi connectivity index (χ2v) is 3.69. The van der Waals surface area contributed by atoms with Gasteiger partial charge < -0.3 is 5.11 Å². The molecule has 0 rings (SSSR count). The first-order valence-electron chi connectivity index (χ1n) is 3.82. The Labute approximate surface area is 67.9 Å². The van der Waals surface area contributed by atoms with E-state index in [2.05, 4.69) is 0 Å².